The first-order chi connectivity index (χ1) is 25.6. The third-order valence-corrected chi connectivity index (χ3v) is 10.7. The number of hydrogen-bond donors (Lipinski definition) is 2. The fourth-order valence-corrected chi connectivity index (χ4v) is 7.49. The van der Waals surface area contributed by atoms with E-state index < -0.39 is 25.3 Å². The van der Waals surface area contributed by atoms with Gasteiger partial charge in [0.05, 0.1) is 36.7 Å². The number of anilines is 1. The molecular formula is C39H59FN5O7P. The van der Waals surface area contributed by atoms with Crippen LogP contribution < -0.4 is 10.5 Å². The maximum Gasteiger partial charge on any atom is 0.472 e. The van der Waals surface area contributed by atoms with Gasteiger partial charge in [0.2, 0.25) is 0 Å². The Morgan fingerprint density at radius 3 is 2.32 bits per heavy atom. The number of nitriles is 1. The fraction of sp³-hybridized carbons (Fsp3) is 0.667. The van der Waals surface area contributed by atoms with E-state index >= 15 is 0 Å². The maximum absolute atomic E-state index is 14.3. The summed E-state index contributed by atoms with van der Waals surface area (Å²) < 4.78 is 57.7. The molecule has 4 rings (SSSR count). The summed E-state index contributed by atoms with van der Waals surface area (Å²) in [5.41, 5.74) is 6.46. The monoisotopic (exact) mass is 759 g/mol. The van der Waals surface area contributed by atoms with E-state index in [0.717, 1.165) is 31.0 Å². The van der Waals surface area contributed by atoms with Crippen molar-refractivity contribution < 1.29 is 37.1 Å². The molecule has 0 aliphatic carbocycles. The lowest BCUT2D eigenvalue weighted by molar-refractivity contribution is -0.0652. The summed E-state index contributed by atoms with van der Waals surface area (Å²) in [6.07, 6.45) is 20.5. The summed E-state index contributed by atoms with van der Waals surface area (Å²) in [5, 5.41) is 13.4. The van der Waals surface area contributed by atoms with Gasteiger partial charge in [-0.15, -0.1) is 0 Å². The highest BCUT2D eigenvalue weighted by molar-refractivity contribution is 7.47. The van der Waals surface area contributed by atoms with Gasteiger partial charge < -0.3 is 24.8 Å². The molecule has 294 valence electrons. The van der Waals surface area contributed by atoms with Crippen LogP contribution in [0.3, 0.4) is 0 Å². The molecule has 1 fully saturated rings. The molecule has 0 radical (unpaired) electrons. The molecular weight excluding hydrogens is 700 g/mol. The Hall–Kier alpha value is -3.11. The number of unbranched alkanes of at least 4 members (excludes halogenated alkanes) is 14. The standard InChI is InChI=1S/C39H59FN5O7P/c1-3-4-5-6-7-8-9-10-11-12-13-14-15-16-17-24-48-27-33(51-32-19-18-31(26-41)34(40)25-32)28-49-53(46,47)50-29-39(2)23-22-37(52-39)35-20-21-36-38(42)43-30-44-45(35)36/h18-21,25,30,33,37H,3-17,22-24,27-29H2,1-2H3,(H,46,47)(H2,42,43,44)/t33?,37?,39-/m0/s1. The van der Waals surface area contributed by atoms with Gasteiger partial charge in [-0.2, -0.15) is 10.4 Å². The summed E-state index contributed by atoms with van der Waals surface area (Å²) >= 11 is 0. The third-order valence-electron chi connectivity index (χ3n) is 9.72. The molecule has 12 nitrogen and oxygen atoms in total. The minimum Gasteiger partial charge on any atom is -0.485 e. The first-order valence-electron chi connectivity index (χ1n) is 19.4. The average molecular weight is 760 g/mol. The summed E-state index contributed by atoms with van der Waals surface area (Å²) in [6, 6.07) is 9.35. The zero-order chi connectivity index (χ0) is 37.9. The molecule has 1 saturated heterocycles. The van der Waals surface area contributed by atoms with Crippen LogP contribution in [-0.4, -0.2) is 57.6 Å². The van der Waals surface area contributed by atoms with Gasteiger partial charge in [-0.3, -0.25) is 9.05 Å². The predicted molar refractivity (Wildman–Crippen MR) is 202 cm³/mol. The molecule has 3 heterocycles. The molecule has 3 N–H and O–H groups in total. The molecule has 0 saturated carbocycles. The number of rotatable bonds is 27. The highest BCUT2D eigenvalue weighted by Crippen LogP contribution is 2.47. The van der Waals surface area contributed by atoms with Gasteiger partial charge in [0, 0.05) is 12.7 Å². The lowest BCUT2D eigenvalue weighted by Gasteiger charge is -2.26. The maximum atomic E-state index is 14.3. The van der Waals surface area contributed by atoms with Crippen molar-refractivity contribution in [3.8, 4) is 11.8 Å². The first-order valence-corrected chi connectivity index (χ1v) is 20.9. The zero-order valence-corrected chi connectivity index (χ0v) is 32.5. The van der Waals surface area contributed by atoms with Gasteiger partial charge in [0.1, 0.15) is 41.7 Å². The normalized spacial score (nSPS) is 19.0. The van der Waals surface area contributed by atoms with Crippen LogP contribution in [0.4, 0.5) is 10.2 Å². The molecule has 14 heteroatoms. The van der Waals surface area contributed by atoms with E-state index in [1.165, 1.54) is 95.5 Å². The van der Waals surface area contributed by atoms with Crippen molar-refractivity contribution in [2.75, 3.05) is 32.2 Å². The molecule has 3 aromatic rings. The largest absolute Gasteiger partial charge is 0.485 e. The predicted octanol–water partition coefficient (Wildman–Crippen LogP) is 9.40. The van der Waals surface area contributed by atoms with Crippen molar-refractivity contribution in [3.63, 3.8) is 0 Å². The van der Waals surface area contributed by atoms with Crippen LogP contribution in [0.1, 0.15) is 140 Å². The second-order valence-corrected chi connectivity index (χ2v) is 15.8. The number of benzene rings is 1. The van der Waals surface area contributed by atoms with Crippen molar-refractivity contribution in [3.05, 3.63) is 53.7 Å². The average Bonchev–Trinajstić information content (AvgIpc) is 3.76. The Morgan fingerprint density at radius 2 is 1.68 bits per heavy atom. The van der Waals surface area contributed by atoms with Crippen LogP contribution in [0.5, 0.6) is 5.75 Å². The minimum atomic E-state index is -4.55. The van der Waals surface area contributed by atoms with Crippen molar-refractivity contribution in [2.24, 2.45) is 0 Å². The number of phosphoric ester groups is 1. The van der Waals surface area contributed by atoms with E-state index in [0.29, 0.717) is 30.8 Å². The lowest BCUT2D eigenvalue weighted by Crippen LogP contribution is -2.31. The summed E-state index contributed by atoms with van der Waals surface area (Å²) in [7, 11) is -4.55. The molecule has 0 spiro atoms. The van der Waals surface area contributed by atoms with Crippen LogP contribution in [0.15, 0.2) is 36.7 Å². The number of ether oxygens (including phenoxy) is 3. The van der Waals surface area contributed by atoms with Crippen LogP contribution in [0.25, 0.3) is 5.52 Å². The van der Waals surface area contributed by atoms with Gasteiger partial charge in [0.15, 0.2) is 5.82 Å². The number of phosphoric acid groups is 1. The number of nitrogens with zero attached hydrogens (tertiary/aromatic N) is 4. The molecule has 3 unspecified atom stereocenters. The summed E-state index contributed by atoms with van der Waals surface area (Å²) in [6.45, 7) is 4.04. The Kier molecular flexibility index (Phi) is 17.9. The summed E-state index contributed by atoms with van der Waals surface area (Å²) in [4.78, 5) is 14.6. The molecule has 1 aliphatic rings. The molecule has 1 aromatic carbocycles. The smallest absolute Gasteiger partial charge is 0.472 e. The van der Waals surface area contributed by atoms with E-state index in [1.807, 2.05) is 19.1 Å². The van der Waals surface area contributed by atoms with E-state index in [9.17, 15) is 13.8 Å². The second-order valence-electron chi connectivity index (χ2n) is 14.4. The Morgan fingerprint density at radius 1 is 1.02 bits per heavy atom. The van der Waals surface area contributed by atoms with Gasteiger partial charge >= 0.3 is 7.82 Å². The van der Waals surface area contributed by atoms with Crippen LogP contribution >= 0.6 is 7.82 Å². The van der Waals surface area contributed by atoms with Gasteiger partial charge in [-0.05, 0) is 50.5 Å². The molecule has 0 bridgehead atoms. The van der Waals surface area contributed by atoms with Gasteiger partial charge in [0.25, 0.3) is 0 Å². The van der Waals surface area contributed by atoms with Crippen LogP contribution in [0, 0.1) is 17.1 Å². The number of halogens is 1. The number of nitrogen functional groups attached to an aromatic ring is 1. The van der Waals surface area contributed by atoms with Crippen LogP contribution in [-0.2, 0) is 23.1 Å². The molecule has 53 heavy (non-hydrogen) atoms. The van der Waals surface area contributed by atoms with E-state index in [-0.39, 0.29) is 37.2 Å². The zero-order valence-electron chi connectivity index (χ0n) is 31.6. The van der Waals surface area contributed by atoms with Crippen molar-refractivity contribution in [2.45, 2.75) is 141 Å². The van der Waals surface area contributed by atoms with E-state index in [1.54, 1.807) is 10.6 Å². The first kappa shape index (κ1) is 42.6. The quantitative estimate of drug-likeness (QED) is 0.0562. The second kappa shape index (κ2) is 22.3. The molecule has 0 amide bonds. The third kappa shape index (κ3) is 14.6. The summed E-state index contributed by atoms with van der Waals surface area (Å²) in [5.74, 6) is -0.232. The number of nitrogens with two attached hydrogens (primary N) is 1. The Bertz CT molecular complexity index is 1620. The Labute approximate surface area is 314 Å². The highest BCUT2D eigenvalue weighted by Gasteiger charge is 2.40. The minimum absolute atomic E-state index is 0.0437. The van der Waals surface area contributed by atoms with Crippen molar-refractivity contribution >= 4 is 19.2 Å². The van der Waals surface area contributed by atoms with Gasteiger partial charge in [-0.25, -0.2) is 18.5 Å². The number of hydrogen-bond acceptors (Lipinski definition) is 10. The van der Waals surface area contributed by atoms with E-state index in [2.05, 4.69) is 17.0 Å². The molecule has 2 aromatic heterocycles. The van der Waals surface area contributed by atoms with Crippen LogP contribution in [0.2, 0.25) is 0 Å². The highest BCUT2D eigenvalue weighted by atomic mass is 31.2. The topological polar surface area (TPSA) is 163 Å². The fourth-order valence-electron chi connectivity index (χ4n) is 6.62. The Balaban J connectivity index is 1.16. The van der Waals surface area contributed by atoms with Gasteiger partial charge in [-0.1, -0.05) is 96.8 Å². The number of fused-ring (bicyclic) bond motifs is 1. The SMILES string of the molecule is CCCCCCCCCCCCCCCCCOCC(COP(=O)(O)OC[C@]1(C)CCC(c2ccc3c(N)ncnn23)O1)Oc1ccc(C#N)c(F)c1. The van der Waals surface area contributed by atoms with Crippen molar-refractivity contribution in [1.29, 1.82) is 5.26 Å². The molecule has 1 aliphatic heterocycles. The van der Waals surface area contributed by atoms with E-state index in [4.69, 9.17) is 34.3 Å². The van der Waals surface area contributed by atoms with Crippen molar-refractivity contribution in [1.82, 2.24) is 14.6 Å². The number of aromatic nitrogens is 3. The molecule has 4 atom stereocenters. The lowest BCUT2D eigenvalue weighted by atomic mass is 10.0.